The average molecular weight is 678 g/mol. The molecule has 4 aromatic rings. The lowest BCUT2D eigenvalue weighted by Gasteiger charge is -2.02. The minimum atomic E-state index is -0.199. The summed E-state index contributed by atoms with van der Waals surface area (Å²) < 4.78 is 4.74. The topological polar surface area (TPSA) is 117 Å². The van der Waals surface area contributed by atoms with E-state index >= 15 is 0 Å². The monoisotopic (exact) mass is 678 g/mol. The van der Waals surface area contributed by atoms with E-state index in [0.29, 0.717) is 36.1 Å². The summed E-state index contributed by atoms with van der Waals surface area (Å²) in [5, 5.41) is 15.1. The van der Waals surface area contributed by atoms with Gasteiger partial charge < -0.3 is 20.1 Å². The number of aromatic amines is 1. The molecule has 9 nitrogen and oxygen atoms in total. The number of halogens is 2. The number of hydrogen-bond acceptors (Lipinski definition) is 5. The van der Waals surface area contributed by atoms with Crippen LogP contribution in [-0.4, -0.2) is 46.5 Å². The zero-order valence-electron chi connectivity index (χ0n) is 18.1. The number of H-pyrrole nitrogens is 1. The Morgan fingerprint density at radius 3 is 2.94 bits per heavy atom. The molecule has 2 radical (unpaired) electrons. The second-order valence-corrected chi connectivity index (χ2v) is 9.04. The van der Waals surface area contributed by atoms with Crippen LogP contribution in [0.4, 0.5) is 0 Å². The largest absolute Gasteiger partial charge is 0.346 e. The van der Waals surface area contributed by atoms with Crippen molar-refractivity contribution in [2.24, 2.45) is 5.92 Å². The van der Waals surface area contributed by atoms with Crippen LogP contribution in [0.3, 0.4) is 0 Å². The summed E-state index contributed by atoms with van der Waals surface area (Å²) in [6, 6.07) is 4.04. The molecule has 172 valence electrons. The molecule has 34 heavy (non-hydrogen) atoms. The Labute approximate surface area is 224 Å². The van der Waals surface area contributed by atoms with Gasteiger partial charge in [-0.1, -0.05) is 0 Å². The van der Waals surface area contributed by atoms with Gasteiger partial charge in [0.15, 0.2) is 5.70 Å². The summed E-state index contributed by atoms with van der Waals surface area (Å²) in [6.45, 7) is 0.811. The number of carbonyl (C=O) groups is 1. The van der Waals surface area contributed by atoms with Crippen LogP contribution in [0.2, 0.25) is 0 Å². The van der Waals surface area contributed by atoms with Crippen LogP contribution in [0.15, 0.2) is 49.3 Å². The summed E-state index contributed by atoms with van der Waals surface area (Å²) in [7, 11) is 0. The molecule has 12 heteroatoms. The van der Waals surface area contributed by atoms with E-state index in [9.17, 15) is 4.79 Å². The molecule has 0 atom stereocenters. The molecule has 0 unspecified atom stereocenters. The van der Waals surface area contributed by atoms with Crippen LogP contribution >= 0.6 is 45.0 Å². The van der Waals surface area contributed by atoms with Gasteiger partial charge in [-0.3, -0.25) is 9.48 Å². The molecule has 4 aromatic heterocycles. The number of rotatable bonds is 8. The maximum atomic E-state index is 12.6. The van der Waals surface area contributed by atoms with Crippen molar-refractivity contribution in [1.82, 2.24) is 34.4 Å². The minimum absolute atomic E-state index is 0.199. The van der Waals surface area contributed by atoms with Gasteiger partial charge in [0.05, 0.1) is 54.3 Å². The molecule has 1 aliphatic rings. The first-order valence-corrected chi connectivity index (χ1v) is 12.8. The fourth-order valence-electron chi connectivity index (χ4n) is 3.40. The number of amides is 1. The van der Waals surface area contributed by atoms with E-state index in [2.05, 4.69) is 53.7 Å². The molecule has 1 saturated carbocycles. The zero-order valence-corrected chi connectivity index (χ0v) is 22.4. The maximum absolute atomic E-state index is 12.6. The van der Waals surface area contributed by atoms with Gasteiger partial charge in [0.1, 0.15) is 5.82 Å². The number of hydrogen-bond donors (Lipinski definition) is 3. The van der Waals surface area contributed by atoms with Gasteiger partial charge >= 0.3 is 0 Å². The van der Waals surface area contributed by atoms with Gasteiger partial charge in [0.25, 0.3) is 5.91 Å². The second kappa shape index (κ2) is 11.3. The molecule has 1 amide bonds. The van der Waals surface area contributed by atoms with Crippen LogP contribution < -0.4 is 5.32 Å². The molecule has 0 bridgehead atoms. The van der Waals surface area contributed by atoms with Crippen LogP contribution in [0.1, 0.15) is 40.4 Å². The van der Waals surface area contributed by atoms with Gasteiger partial charge in [-0.2, -0.15) is 27.5 Å². The summed E-state index contributed by atoms with van der Waals surface area (Å²) in [6.07, 6.45) is 14.6. The smallest absolute Gasteiger partial charge is 0.254 e. The lowest BCUT2D eigenvalue weighted by Crippen LogP contribution is -2.22. The van der Waals surface area contributed by atoms with Crippen LogP contribution in [0.25, 0.3) is 11.6 Å². The molecule has 3 N–H and O–H groups in total. The Kier molecular flexibility index (Phi) is 8.18. The van der Waals surface area contributed by atoms with Crippen molar-refractivity contribution in [3.8, 4) is 0 Å². The molecule has 4 heterocycles. The fraction of sp³-hybridized carbons (Fsp3) is 0.227. The van der Waals surface area contributed by atoms with Crippen molar-refractivity contribution in [3.05, 3.63) is 75.7 Å². The van der Waals surface area contributed by atoms with Crippen LogP contribution in [0, 0.1) is 14.9 Å². The first kappa shape index (κ1) is 24.6. The van der Waals surface area contributed by atoms with Crippen molar-refractivity contribution < 1.29 is 4.79 Å². The predicted octanol–water partition coefficient (Wildman–Crippen LogP) is 3.78. The molecule has 0 spiro atoms. The Morgan fingerprint density at radius 1 is 1.32 bits per heavy atom. The molecule has 5 rings (SSSR count). The molecule has 0 aliphatic heterocycles. The summed E-state index contributed by atoms with van der Waals surface area (Å²) >= 11 is 3.91. The van der Waals surface area contributed by atoms with Crippen molar-refractivity contribution in [2.75, 3.05) is 0 Å². The highest BCUT2D eigenvalue weighted by Crippen LogP contribution is 2.30. The first-order valence-electron chi connectivity index (χ1n) is 10.5. The van der Waals surface area contributed by atoms with Crippen molar-refractivity contribution in [3.63, 3.8) is 0 Å². The second-order valence-electron chi connectivity index (χ2n) is 7.79. The van der Waals surface area contributed by atoms with Crippen LogP contribution in [-0.2, 0) is 13.1 Å². The van der Waals surface area contributed by atoms with Gasteiger partial charge in [-0.05, 0) is 59.7 Å². The Morgan fingerprint density at radius 2 is 2.15 bits per heavy atom. The van der Waals surface area contributed by atoms with Gasteiger partial charge in [0, 0.05) is 27.6 Å². The van der Waals surface area contributed by atoms with E-state index in [4.69, 9.17) is 5.41 Å². The lowest BCUT2D eigenvalue weighted by atomic mass is 10.2. The van der Waals surface area contributed by atoms with Gasteiger partial charge in [-0.25, -0.2) is 9.97 Å². The van der Waals surface area contributed by atoms with E-state index in [1.165, 1.54) is 0 Å². The normalized spacial score (nSPS) is 13.1. The summed E-state index contributed by atoms with van der Waals surface area (Å²) in [5.74, 6) is 0.928. The van der Waals surface area contributed by atoms with Crippen molar-refractivity contribution in [2.45, 2.75) is 25.9 Å². The number of nitrogens with zero attached hydrogens (tertiary/aromatic N) is 5. The molecule has 1 fully saturated rings. The summed E-state index contributed by atoms with van der Waals surface area (Å²) in [5.41, 5.74) is 8.28. The highest BCUT2D eigenvalue weighted by Gasteiger charge is 2.24. The van der Waals surface area contributed by atoms with E-state index < -0.39 is 0 Å². The zero-order chi connectivity index (χ0) is 24.1. The minimum Gasteiger partial charge on any atom is -0.346 e. The number of carbonyl (C=O) groups excluding carboxylic acids is 1. The molecule has 0 aromatic carbocycles. The first-order chi connectivity index (χ1) is 16.5. The standard InChI is InChI=1S/C22H21IN8O.BI/c23-16-5-6-30-13-27-19(20(30)7-16)10-26-22(32)15-8-28-31(11-15)12-17-9-25-21(29-17)4-3-18(24)14-1-2-14;1-2/h3-9,11,13-14,24H,1-2,10,12H2,(H,25,29)(H,26,32);/b4-3-,24-18?;. The third-order valence-electron chi connectivity index (χ3n) is 5.31. The van der Waals surface area contributed by atoms with E-state index in [1.807, 2.05) is 28.8 Å². The highest BCUT2D eigenvalue weighted by molar-refractivity contribution is 14.1. The predicted molar refractivity (Wildman–Crippen MR) is 148 cm³/mol. The molecular formula is C22H21BI2N8O. The number of allylic oxidation sites excluding steroid dienone is 1. The van der Waals surface area contributed by atoms with Crippen LogP contribution in [0.5, 0.6) is 0 Å². The third-order valence-corrected chi connectivity index (χ3v) is 5.98. The molecule has 1 aliphatic carbocycles. The van der Waals surface area contributed by atoms with Gasteiger partial charge in [-0.15, -0.1) is 0 Å². The SMILES string of the molecule is N=C(/C=C\c1ncc(Cn2cc(C(=O)NCc3ncn4ccc(I)cc34)cn2)[nH]1)C1CC1.[B]I. The Bertz CT molecular complexity index is 1340. The lowest BCUT2D eigenvalue weighted by molar-refractivity contribution is 0.0950. The fourth-order valence-corrected chi connectivity index (χ4v) is 3.86. The molecule has 0 saturated heterocycles. The summed E-state index contributed by atoms with van der Waals surface area (Å²) in [4.78, 5) is 24.5. The van der Waals surface area contributed by atoms with Gasteiger partial charge in [0.2, 0.25) is 0 Å². The maximum Gasteiger partial charge on any atom is 0.254 e. The Balaban J connectivity index is 0.00000133. The number of fused-ring (bicyclic) bond motifs is 1. The van der Waals surface area contributed by atoms with E-state index in [-0.39, 0.29) is 5.91 Å². The van der Waals surface area contributed by atoms with Crippen molar-refractivity contribution >= 4 is 73.9 Å². The number of imidazole rings is 2. The van der Waals surface area contributed by atoms with E-state index in [0.717, 1.165) is 33.3 Å². The van der Waals surface area contributed by atoms with E-state index in [1.54, 1.807) is 58.0 Å². The number of pyridine rings is 1. The highest BCUT2D eigenvalue weighted by atomic mass is 127. The number of nitrogens with one attached hydrogen (secondary N) is 3. The number of aromatic nitrogens is 6. The Hall–Kier alpha value is -2.49. The van der Waals surface area contributed by atoms with Crippen molar-refractivity contribution in [1.29, 1.82) is 5.41 Å². The quantitative estimate of drug-likeness (QED) is 0.150. The molecular weight excluding hydrogens is 657 g/mol. The third kappa shape index (κ3) is 6.14. The average Bonchev–Trinajstić information content (AvgIpc) is 3.24.